The molecule has 2 aromatic heterocycles. The first kappa shape index (κ1) is 15.6. The summed E-state index contributed by atoms with van der Waals surface area (Å²) in [6.07, 6.45) is 2.27. The van der Waals surface area contributed by atoms with Crippen LogP contribution in [0.1, 0.15) is 16.8 Å². The van der Waals surface area contributed by atoms with Crippen LogP contribution in [0, 0.1) is 5.92 Å². The standard InChI is InChI=1S/C17H15N5O2S/c23-16(19-15-3-1-2-7-18-15)12-6-8-22(10-12)17(24)11-4-5-13-14(9-11)21-25-20-13/h1-5,7,9,12H,6,8,10H2,(H,18,19,23)/t12-/m0/s1. The molecule has 1 atom stereocenters. The lowest BCUT2D eigenvalue weighted by atomic mass is 10.1. The summed E-state index contributed by atoms with van der Waals surface area (Å²) < 4.78 is 8.31. The fourth-order valence-corrected chi connectivity index (χ4v) is 3.44. The maximum Gasteiger partial charge on any atom is 0.253 e. The van der Waals surface area contributed by atoms with Crippen molar-refractivity contribution in [2.75, 3.05) is 18.4 Å². The monoisotopic (exact) mass is 353 g/mol. The van der Waals surface area contributed by atoms with Gasteiger partial charge in [0.15, 0.2) is 0 Å². The highest BCUT2D eigenvalue weighted by Gasteiger charge is 2.31. The highest BCUT2D eigenvalue weighted by atomic mass is 32.1. The van der Waals surface area contributed by atoms with Gasteiger partial charge in [-0.05, 0) is 36.8 Å². The van der Waals surface area contributed by atoms with Crippen LogP contribution in [-0.4, -0.2) is 43.5 Å². The van der Waals surface area contributed by atoms with Crippen LogP contribution in [0.25, 0.3) is 11.0 Å². The minimum Gasteiger partial charge on any atom is -0.338 e. The lowest BCUT2D eigenvalue weighted by Crippen LogP contribution is -2.31. The van der Waals surface area contributed by atoms with Gasteiger partial charge in [0.25, 0.3) is 5.91 Å². The molecular weight excluding hydrogens is 338 g/mol. The van der Waals surface area contributed by atoms with Crippen molar-refractivity contribution in [3.8, 4) is 0 Å². The van der Waals surface area contributed by atoms with E-state index in [9.17, 15) is 9.59 Å². The molecule has 0 radical (unpaired) electrons. The Hall–Kier alpha value is -2.87. The van der Waals surface area contributed by atoms with E-state index in [0.29, 0.717) is 30.9 Å². The Balaban J connectivity index is 1.42. The van der Waals surface area contributed by atoms with Gasteiger partial charge in [-0.15, -0.1) is 0 Å². The predicted octanol–water partition coefficient (Wildman–Crippen LogP) is 2.19. The molecule has 25 heavy (non-hydrogen) atoms. The van der Waals surface area contributed by atoms with Gasteiger partial charge in [-0.2, -0.15) is 8.75 Å². The number of nitrogens with zero attached hydrogens (tertiary/aromatic N) is 4. The van der Waals surface area contributed by atoms with Crippen molar-refractivity contribution in [3.05, 3.63) is 48.2 Å². The van der Waals surface area contributed by atoms with Crippen LogP contribution in [0.5, 0.6) is 0 Å². The Bertz CT molecular complexity index is 927. The number of fused-ring (bicyclic) bond motifs is 1. The fraction of sp³-hybridized carbons (Fsp3) is 0.235. The number of carbonyl (C=O) groups excluding carboxylic acids is 2. The lowest BCUT2D eigenvalue weighted by Gasteiger charge is -2.16. The minimum atomic E-state index is -0.226. The summed E-state index contributed by atoms with van der Waals surface area (Å²) in [4.78, 5) is 30.8. The summed E-state index contributed by atoms with van der Waals surface area (Å²) in [5.41, 5.74) is 2.08. The topological polar surface area (TPSA) is 88.1 Å². The number of hydrogen-bond acceptors (Lipinski definition) is 6. The van der Waals surface area contributed by atoms with E-state index in [1.54, 1.807) is 41.4 Å². The summed E-state index contributed by atoms with van der Waals surface area (Å²) in [7, 11) is 0. The molecule has 3 aromatic rings. The third-order valence-electron chi connectivity index (χ3n) is 4.26. The largest absolute Gasteiger partial charge is 0.338 e. The zero-order chi connectivity index (χ0) is 17.2. The first-order valence-corrected chi connectivity index (χ1v) is 8.67. The zero-order valence-corrected chi connectivity index (χ0v) is 14.1. The summed E-state index contributed by atoms with van der Waals surface area (Å²) in [6, 6.07) is 10.7. The van der Waals surface area contributed by atoms with Crippen molar-refractivity contribution in [1.82, 2.24) is 18.6 Å². The summed E-state index contributed by atoms with van der Waals surface area (Å²) in [6.45, 7) is 0.970. The number of amides is 2. The van der Waals surface area contributed by atoms with E-state index < -0.39 is 0 Å². The molecule has 0 bridgehead atoms. The molecule has 0 saturated carbocycles. The molecule has 0 unspecified atom stereocenters. The summed E-state index contributed by atoms with van der Waals surface area (Å²) >= 11 is 1.13. The number of nitrogens with one attached hydrogen (secondary N) is 1. The molecule has 126 valence electrons. The molecule has 1 aliphatic rings. The minimum absolute atomic E-state index is 0.0805. The van der Waals surface area contributed by atoms with Crippen LogP contribution in [-0.2, 0) is 4.79 Å². The van der Waals surface area contributed by atoms with E-state index in [4.69, 9.17) is 0 Å². The number of likely N-dealkylation sites (tertiary alicyclic amines) is 1. The quantitative estimate of drug-likeness (QED) is 0.780. The van der Waals surface area contributed by atoms with E-state index in [1.165, 1.54) is 0 Å². The van der Waals surface area contributed by atoms with Crippen molar-refractivity contribution < 1.29 is 9.59 Å². The number of hydrogen-bond donors (Lipinski definition) is 1. The maximum absolute atomic E-state index is 12.7. The SMILES string of the molecule is O=C(Nc1ccccn1)[C@H]1CCN(C(=O)c2ccc3nsnc3c2)C1. The smallest absolute Gasteiger partial charge is 0.253 e. The van der Waals surface area contributed by atoms with Crippen LogP contribution in [0.3, 0.4) is 0 Å². The van der Waals surface area contributed by atoms with Crippen molar-refractivity contribution >= 4 is 40.4 Å². The average Bonchev–Trinajstić information content (AvgIpc) is 3.30. The van der Waals surface area contributed by atoms with Crippen LogP contribution in [0.15, 0.2) is 42.6 Å². The molecule has 1 saturated heterocycles. The van der Waals surface area contributed by atoms with E-state index in [0.717, 1.165) is 22.8 Å². The van der Waals surface area contributed by atoms with Crippen molar-refractivity contribution in [2.45, 2.75) is 6.42 Å². The number of pyridine rings is 1. The highest BCUT2D eigenvalue weighted by molar-refractivity contribution is 7.00. The molecule has 7 nitrogen and oxygen atoms in total. The molecular formula is C17H15N5O2S. The molecule has 0 aliphatic carbocycles. The van der Waals surface area contributed by atoms with Gasteiger partial charge in [-0.1, -0.05) is 6.07 Å². The first-order chi connectivity index (χ1) is 12.2. The van der Waals surface area contributed by atoms with Crippen LogP contribution in [0.4, 0.5) is 5.82 Å². The molecule has 8 heteroatoms. The number of anilines is 1. The van der Waals surface area contributed by atoms with Crippen molar-refractivity contribution in [1.29, 1.82) is 0 Å². The van der Waals surface area contributed by atoms with Gasteiger partial charge in [0.05, 0.1) is 17.6 Å². The number of rotatable bonds is 3. The second-order valence-corrected chi connectivity index (χ2v) is 6.44. The Labute approximate surface area is 148 Å². The Morgan fingerprint density at radius 1 is 1.16 bits per heavy atom. The Morgan fingerprint density at radius 3 is 2.88 bits per heavy atom. The van der Waals surface area contributed by atoms with E-state index in [1.807, 2.05) is 6.07 Å². The number of aromatic nitrogens is 3. The molecule has 3 heterocycles. The van der Waals surface area contributed by atoms with Crippen molar-refractivity contribution in [2.24, 2.45) is 5.92 Å². The van der Waals surface area contributed by atoms with Crippen LogP contribution < -0.4 is 5.32 Å². The maximum atomic E-state index is 12.7. The Morgan fingerprint density at radius 2 is 2.04 bits per heavy atom. The zero-order valence-electron chi connectivity index (χ0n) is 13.3. The van der Waals surface area contributed by atoms with Crippen LogP contribution >= 0.6 is 11.7 Å². The average molecular weight is 353 g/mol. The van der Waals surface area contributed by atoms with Gasteiger partial charge in [0, 0.05) is 24.8 Å². The number of benzene rings is 1. The van der Waals surface area contributed by atoms with E-state index in [2.05, 4.69) is 19.0 Å². The fourth-order valence-electron chi connectivity index (χ4n) is 2.92. The van der Waals surface area contributed by atoms with Gasteiger partial charge in [-0.3, -0.25) is 9.59 Å². The predicted molar refractivity (Wildman–Crippen MR) is 94.3 cm³/mol. The first-order valence-electron chi connectivity index (χ1n) is 7.94. The molecule has 1 fully saturated rings. The number of carbonyl (C=O) groups is 2. The molecule has 2 amide bonds. The van der Waals surface area contributed by atoms with Gasteiger partial charge in [0.1, 0.15) is 16.9 Å². The van der Waals surface area contributed by atoms with Crippen LogP contribution in [0.2, 0.25) is 0 Å². The third kappa shape index (κ3) is 3.20. The highest BCUT2D eigenvalue weighted by Crippen LogP contribution is 2.22. The van der Waals surface area contributed by atoms with E-state index >= 15 is 0 Å². The summed E-state index contributed by atoms with van der Waals surface area (Å²) in [5.74, 6) is 0.116. The van der Waals surface area contributed by atoms with E-state index in [-0.39, 0.29) is 17.7 Å². The van der Waals surface area contributed by atoms with Gasteiger partial charge >= 0.3 is 0 Å². The van der Waals surface area contributed by atoms with Gasteiger partial charge < -0.3 is 10.2 Å². The molecule has 1 aliphatic heterocycles. The van der Waals surface area contributed by atoms with Gasteiger partial charge in [-0.25, -0.2) is 4.98 Å². The van der Waals surface area contributed by atoms with Crippen molar-refractivity contribution in [3.63, 3.8) is 0 Å². The molecule has 0 spiro atoms. The molecule has 4 rings (SSSR count). The van der Waals surface area contributed by atoms with Gasteiger partial charge in [0.2, 0.25) is 5.91 Å². The lowest BCUT2D eigenvalue weighted by molar-refractivity contribution is -0.119. The molecule has 1 N–H and O–H groups in total. The second-order valence-electron chi connectivity index (χ2n) is 5.91. The third-order valence-corrected chi connectivity index (χ3v) is 4.82. The molecule has 1 aromatic carbocycles. The second kappa shape index (κ2) is 6.56. The Kier molecular flexibility index (Phi) is 4.10. The summed E-state index contributed by atoms with van der Waals surface area (Å²) in [5, 5.41) is 2.80. The normalized spacial score (nSPS) is 17.0.